The molecule has 4 atom stereocenters. The summed E-state index contributed by atoms with van der Waals surface area (Å²) in [6.07, 6.45) is 3.61. The van der Waals surface area contributed by atoms with Gasteiger partial charge in [-0.25, -0.2) is 13.2 Å². The van der Waals surface area contributed by atoms with Gasteiger partial charge in [-0.2, -0.15) is 0 Å². The summed E-state index contributed by atoms with van der Waals surface area (Å²) in [6.45, 7) is -1.24. The van der Waals surface area contributed by atoms with E-state index in [-0.39, 0.29) is 29.9 Å². The quantitative estimate of drug-likeness (QED) is 0.0837. The Balaban J connectivity index is 1.12. The number of carbonyl (C=O) groups is 1. The van der Waals surface area contributed by atoms with E-state index in [0.29, 0.717) is 29.8 Å². The van der Waals surface area contributed by atoms with E-state index >= 15 is 0 Å². The zero-order chi connectivity index (χ0) is 36.6. The maximum Gasteiger partial charge on any atom is 0.315 e. The molecule has 0 saturated heterocycles. The highest BCUT2D eigenvalue weighted by Crippen LogP contribution is 2.53. The monoisotopic (exact) mass is 747 g/mol. The van der Waals surface area contributed by atoms with E-state index in [0.717, 1.165) is 48.1 Å². The van der Waals surface area contributed by atoms with Gasteiger partial charge < -0.3 is 45.6 Å². The van der Waals surface area contributed by atoms with Crippen molar-refractivity contribution in [2.75, 3.05) is 25.5 Å². The lowest BCUT2D eigenvalue weighted by Gasteiger charge is -2.28. The first kappa shape index (κ1) is 38.9. The Morgan fingerprint density at radius 3 is 2.45 bits per heavy atom. The van der Waals surface area contributed by atoms with Crippen molar-refractivity contribution in [1.29, 1.82) is 0 Å². The Kier molecular flexibility index (Phi) is 13.3. The Morgan fingerprint density at radius 1 is 0.980 bits per heavy atom. The summed E-state index contributed by atoms with van der Waals surface area (Å²) >= 11 is 6.52. The van der Waals surface area contributed by atoms with Crippen LogP contribution in [0.4, 0.5) is 4.79 Å². The summed E-state index contributed by atoms with van der Waals surface area (Å²) in [4.78, 5) is 16.7. The molecule has 0 spiro atoms. The van der Waals surface area contributed by atoms with Crippen LogP contribution in [0.1, 0.15) is 56.1 Å². The number of amides is 2. The lowest BCUT2D eigenvalue weighted by molar-refractivity contribution is -0.0902. The largest absolute Gasteiger partial charge is 0.490 e. The normalized spacial score (nSPS) is 17.6. The van der Waals surface area contributed by atoms with Crippen molar-refractivity contribution in [3.63, 3.8) is 0 Å². The van der Waals surface area contributed by atoms with Crippen LogP contribution in [0.2, 0.25) is 5.02 Å². The van der Waals surface area contributed by atoms with E-state index in [1.54, 1.807) is 18.3 Å². The number of pyridine rings is 1. The van der Waals surface area contributed by atoms with E-state index in [1.165, 1.54) is 6.07 Å². The minimum absolute atomic E-state index is 0.111. The molecule has 0 radical (unpaired) electrons. The summed E-state index contributed by atoms with van der Waals surface area (Å²) in [5.41, 5.74) is 2.89. The number of rotatable bonds is 20. The number of ether oxygens (including phenoxy) is 2. The molecule has 13 nitrogen and oxygen atoms in total. The highest BCUT2D eigenvalue weighted by Gasteiger charge is 2.48. The minimum atomic E-state index is -3.65. The Hall–Kier alpha value is -3.34. The number of benzene rings is 2. The summed E-state index contributed by atoms with van der Waals surface area (Å²) in [5.74, 6) is 0.712. The number of hydrogen-bond donors (Lipinski definition) is 7. The average molecular weight is 748 g/mol. The lowest BCUT2D eigenvalue weighted by Crippen LogP contribution is -2.56. The summed E-state index contributed by atoms with van der Waals surface area (Å²) in [5, 5.41) is 53.0. The van der Waals surface area contributed by atoms with Crippen LogP contribution in [0.15, 0.2) is 65.8 Å². The first-order valence-electron chi connectivity index (χ1n) is 17.1. The number of carbonyl (C=O) groups excluding carboxylic acids is 1. The van der Waals surface area contributed by atoms with Gasteiger partial charge in [-0.1, -0.05) is 36.2 Å². The highest BCUT2D eigenvalue weighted by atomic mass is 35.5. The summed E-state index contributed by atoms with van der Waals surface area (Å²) in [7, 11) is -3.65. The first-order valence-corrected chi connectivity index (χ1v) is 19.2. The number of hydrogen-bond acceptors (Lipinski definition) is 11. The molecule has 0 unspecified atom stereocenters. The molecule has 1 aromatic heterocycles. The molecule has 15 heteroatoms. The minimum Gasteiger partial charge on any atom is -0.490 e. The fourth-order valence-corrected chi connectivity index (χ4v) is 7.36. The summed E-state index contributed by atoms with van der Waals surface area (Å²) < 4.78 is 39.2. The van der Waals surface area contributed by atoms with Gasteiger partial charge in [0.2, 0.25) is 0 Å². The molecule has 3 aromatic rings. The number of para-hydroxylation sites is 1. The van der Waals surface area contributed by atoms with Crippen LogP contribution in [0.25, 0.3) is 11.1 Å². The molecule has 2 saturated carbocycles. The van der Waals surface area contributed by atoms with Crippen LogP contribution in [0.5, 0.6) is 5.75 Å². The number of urea groups is 1. The number of halogens is 1. The number of unbranched alkanes of at least 4 members (excludes halogenated alkanes) is 2. The van der Waals surface area contributed by atoms with Crippen molar-refractivity contribution >= 4 is 27.5 Å². The third kappa shape index (κ3) is 10.2. The molecule has 0 aliphatic heterocycles. The lowest BCUT2D eigenvalue weighted by atomic mass is 9.96. The third-order valence-corrected chi connectivity index (χ3v) is 11.3. The SMILES string of the molecule is O=C(NCCCCCS(=O)(=O)c1ccc(Cl)c(COC2(c3cnccc3-c3ccccc3OC3CC3)CC2)c1)N[C@@H](CO)[C@@H](O)[C@H](O)[C@H](O)CO. The van der Waals surface area contributed by atoms with E-state index < -0.39 is 59.0 Å². The third-order valence-electron chi connectivity index (χ3n) is 9.12. The van der Waals surface area contributed by atoms with Crippen LogP contribution in [0, 0.1) is 0 Å². The van der Waals surface area contributed by atoms with Crippen LogP contribution >= 0.6 is 11.6 Å². The zero-order valence-electron chi connectivity index (χ0n) is 28.2. The molecule has 2 amide bonds. The molecule has 51 heavy (non-hydrogen) atoms. The number of aliphatic hydroxyl groups is 5. The van der Waals surface area contributed by atoms with Crippen LogP contribution in [-0.2, 0) is 26.8 Å². The molecule has 5 rings (SSSR count). The van der Waals surface area contributed by atoms with Gasteiger partial charge in [0.15, 0.2) is 9.84 Å². The second-order valence-electron chi connectivity index (χ2n) is 13.1. The molecule has 2 aromatic carbocycles. The van der Waals surface area contributed by atoms with Crippen molar-refractivity contribution in [2.24, 2.45) is 0 Å². The van der Waals surface area contributed by atoms with Gasteiger partial charge in [-0.05, 0) is 80.0 Å². The molecule has 278 valence electrons. The molecule has 0 bridgehead atoms. The van der Waals surface area contributed by atoms with E-state index in [9.17, 15) is 33.6 Å². The average Bonchev–Trinajstić information content (AvgIpc) is 4.08. The fraction of sp³-hybridized carbons (Fsp3) is 0.500. The van der Waals surface area contributed by atoms with Crippen molar-refractivity contribution < 1.29 is 48.2 Å². The van der Waals surface area contributed by atoms with Crippen molar-refractivity contribution in [2.45, 2.75) is 92.5 Å². The van der Waals surface area contributed by atoms with E-state index in [2.05, 4.69) is 15.6 Å². The predicted octanol–water partition coefficient (Wildman–Crippen LogP) is 2.83. The Labute approximate surface area is 302 Å². The van der Waals surface area contributed by atoms with Gasteiger partial charge >= 0.3 is 6.03 Å². The Morgan fingerprint density at radius 2 is 1.75 bits per heavy atom. The second kappa shape index (κ2) is 17.5. The smallest absolute Gasteiger partial charge is 0.315 e. The number of nitrogens with zero attached hydrogens (tertiary/aromatic N) is 1. The molecule has 7 N–H and O–H groups in total. The number of sulfone groups is 1. The van der Waals surface area contributed by atoms with E-state index in [1.807, 2.05) is 36.5 Å². The predicted molar refractivity (Wildman–Crippen MR) is 189 cm³/mol. The first-order chi connectivity index (χ1) is 24.5. The van der Waals surface area contributed by atoms with Crippen molar-refractivity contribution in [3.05, 3.63) is 77.1 Å². The number of aliphatic hydroxyl groups excluding tert-OH is 5. The molecule has 2 aliphatic carbocycles. The van der Waals surface area contributed by atoms with Gasteiger partial charge in [0, 0.05) is 35.1 Å². The highest BCUT2D eigenvalue weighted by molar-refractivity contribution is 7.91. The van der Waals surface area contributed by atoms with Crippen molar-refractivity contribution in [3.8, 4) is 16.9 Å². The van der Waals surface area contributed by atoms with Crippen LogP contribution in [-0.4, -0.2) is 101 Å². The molecule has 2 aliphatic rings. The van der Waals surface area contributed by atoms with Crippen LogP contribution < -0.4 is 15.4 Å². The summed E-state index contributed by atoms with van der Waals surface area (Å²) in [6, 6.07) is 12.5. The standard InChI is InChI=1S/C36H46ClN3O10S/c37-29-11-10-25(51(47,48)17-5-1-4-15-39-35(46)40-30(20-41)33(44)34(45)31(43)21-42)18-23(29)22-49-36(13-14-36)28-19-38-16-12-26(28)27-6-2-3-7-32(27)50-24-8-9-24/h2-3,6-7,10-12,16,18-19,24,30-31,33-34,41-45H,1,4-5,8-9,13-15,17,20-22H2,(H2,39,40,46)/t30-,31+,33+,34+/m0/s1. The fourth-order valence-electron chi connectivity index (χ4n) is 5.77. The van der Waals surface area contributed by atoms with Gasteiger partial charge in [0.1, 0.15) is 24.1 Å². The Bertz CT molecular complexity index is 1740. The topological polar surface area (TPSA) is 208 Å². The molecule has 2 fully saturated rings. The maximum absolute atomic E-state index is 13.2. The zero-order valence-corrected chi connectivity index (χ0v) is 29.7. The van der Waals surface area contributed by atoms with Gasteiger partial charge in [0.25, 0.3) is 0 Å². The van der Waals surface area contributed by atoms with Gasteiger partial charge in [-0.15, -0.1) is 0 Å². The number of aromatic nitrogens is 1. The van der Waals surface area contributed by atoms with Gasteiger partial charge in [0.05, 0.1) is 48.2 Å². The van der Waals surface area contributed by atoms with Crippen LogP contribution in [0.3, 0.4) is 0 Å². The maximum atomic E-state index is 13.2. The molecular formula is C36H46ClN3O10S. The number of nitrogens with one attached hydrogen (secondary N) is 2. The van der Waals surface area contributed by atoms with Crippen molar-refractivity contribution in [1.82, 2.24) is 15.6 Å². The van der Waals surface area contributed by atoms with E-state index in [4.69, 9.17) is 26.2 Å². The molecule has 1 heterocycles. The van der Waals surface area contributed by atoms with Gasteiger partial charge in [-0.3, -0.25) is 4.98 Å². The second-order valence-corrected chi connectivity index (χ2v) is 15.6. The molecular weight excluding hydrogens is 702 g/mol.